The first-order chi connectivity index (χ1) is 6.20. The molecular formula is C11H12ClN. The smallest absolute Gasteiger partial charge is 0.0712 e. The third-order valence-corrected chi connectivity index (χ3v) is 2.14. The van der Waals surface area contributed by atoms with E-state index in [0.29, 0.717) is 5.03 Å². The Morgan fingerprint density at radius 2 is 2.23 bits per heavy atom. The molecule has 0 aromatic heterocycles. The highest BCUT2D eigenvalue weighted by molar-refractivity contribution is 6.49. The zero-order chi connectivity index (χ0) is 9.84. The van der Waals surface area contributed by atoms with Gasteiger partial charge in [0.25, 0.3) is 0 Å². The highest BCUT2D eigenvalue weighted by Crippen LogP contribution is 2.31. The van der Waals surface area contributed by atoms with Gasteiger partial charge >= 0.3 is 0 Å². The van der Waals surface area contributed by atoms with Crippen LogP contribution < -0.4 is 0 Å². The molecule has 0 aliphatic carbocycles. The predicted octanol–water partition coefficient (Wildman–Crippen LogP) is 3.79. The number of halogens is 1. The monoisotopic (exact) mass is 193 g/mol. The highest BCUT2D eigenvalue weighted by atomic mass is 35.5. The first-order valence-electron chi connectivity index (χ1n) is 4.14. The van der Waals surface area contributed by atoms with Gasteiger partial charge in [-0.05, 0) is 24.8 Å². The van der Waals surface area contributed by atoms with E-state index in [0.717, 1.165) is 23.2 Å². The number of aliphatic imine (C=N–C) groups is 1. The average Bonchev–Trinajstić information content (AvgIpc) is 2.16. The molecule has 68 valence electrons. The summed E-state index contributed by atoms with van der Waals surface area (Å²) >= 11 is 5.89. The second-order valence-electron chi connectivity index (χ2n) is 2.73. The summed E-state index contributed by atoms with van der Waals surface area (Å²) in [4.78, 5) is 3.91. The predicted molar refractivity (Wildman–Crippen MR) is 59.9 cm³/mol. The molecule has 0 unspecified atom stereocenters. The minimum Gasteiger partial charge on any atom is -0.264 e. The van der Waals surface area contributed by atoms with Crippen molar-refractivity contribution in [1.82, 2.24) is 0 Å². The van der Waals surface area contributed by atoms with Crippen LogP contribution in [0, 0.1) is 0 Å². The van der Waals surface area contributed by atoms with Gasteiger partial charge < -0.3 is 0 Å². The number of nitrogens with zero attached hydrogens (tertiary/aromatic N) is 1. The van der Waals surface area contributed by atoms with Crippen molar-refractivity contribution in [3.05, 3.63) is 35.9 Å². The van der Waals surface area contributed by atoms with Gasteiger partial charge in [0.15, 0.2) is 0 Å². The van der Waals surface area contributed by atoms with Crippen LogP contribution in [0.2, 0.25) is 0 Å². The lowest BCUT2D eigenvalue weighted by atomic mass is 10.0. The lowest BCUT2D eigenvalue weighted by Gasteiger charge is -2.08. The molecule has 0 aliphatic heterocycles. The second-order valence-corrected chi connectivity index (χ2v) is 3.18. The number of benzene rings is 1. The maximum Gasteiger partial charge on any atom is 0.0712 e. The largest absolute Gasteiger partial charge is 0.264 e. The number of aryl methyl sites for hydroxylation is 1. The molecular weight excluding hydrogens is 182 g/mol. The summed E-state index contributed by atoms with van der Waals surface area (Å²) in [5.41, 5.74) is 2.88. The molecule has 1 aromatic carbocycles. The summed E-state index contributed by atoms with van der Waals surface area (Å²) in [6.45, 7) is 9.29. The first kappa shape index (κ1) is 10.0. The van der Waals surface area contributed by atoms with Crippen LogP contribution in [0.25, 0.3) is 5.03 Å². The highest BCUT2D eigenvalue weighted by Gasteiger charge is 2.07. The SMILES string of the molecule is C=Nc1cccc(CC)c1C(=C)Cl. The molecule has 0 saturated heterocycles. The van der Waals surface area contributed by atoms with E-state index >= 15 is 0 Å². The topological polar surface area (TPSA) is 12.4 Å². The van der Waals surface area contributed by atoms with Crippen LogP contribution >= 0.6 is 11.6 Å². The quantitative estimate of drug-likeness (QED) is 0.648. The number of rotatable bonds is 3. The Hall–Kier alpha value is -1.08. The van der Waals surface area contributed by atoms with Crippen molar-refractivity contribution < 1.29 is 0 Å². The Labute approximate surface area is 83.8 Å². The van der Waals surface area contributed by atoms with Crippen molar-refractivity contribution in [3.63, 3.8) is 0 Å². The normalized spacial score (nSPS) is 9.69. The lowest BCUT2D eigenvalue weighted by molar-refractivity contribution is 1.13. The van der Waals surface area contributed by atoms with Gasteiger partial charge in [-0.1, -0.05) is 37.2 Å². The van der Waals surface area contributed by atoms with Crippen molar-refractivity contribution in [2.45, 2.75) is 13.3 Å². The van der Waals surface area contributed by atoms with Gasteiger partial charge in [0, 0.05) is 10.6 Å². The van der Waals surface area contributed by atoms with Crippen molar-refractivity contribution in [3.8, 4) is 0 Å². The molecule has 0 N–H and O–H groups in total. The van der Waals surface area contributed by atoms with E-state index in [1.807, 2.05) is 18.2 Å². The molecule has 1 rings (SSSR count). The van der Waals surface area contributed by atoms with Gasteiger partial charge in [0.2, 0.25) is 0 Å². The van der Waals surface area contributed by atoms with Crippen molar-refractivity contribution in [2.24, 2.45) is 4.99 Å². The molecule has 0 fully saturated rings. The fraction of sp³-hybridized carbons (Fsp3) is 0.182. The van der Waals surface area contributed by atoms with Crippen LogP contribution in [0.5, 0.6) is 0 Å². The molecule has 0 heterocycles. The third-order valence-electron chi connectivity index (χ3n) is 1.95. The number of hydrogen-bond acceptors (Lipinski definition) is 1. The third kappa shape index (κ3) is 1.99. The van der Waals surface area contributed by atoms with Crippen LogP contribution in [0.15, 0.2) is 29.8 Å². The Balaban J connectivity index is 3.38. The van der Waals surface area contributed by atoms with Crippen molar-refractivity contribution >= 4 is 29.0 Å². The van der Waals surface area contributed by atoms with E-state index in [9.17, 15) is 0 Å². The minimum absolute atomic E-state index is 0.528. The molecule has 1 aromatic rings. The second kappa shape index (κ2) is 4.24. The van der Waals surface area contributed by atoms with Gasteiger partial charge in [0.05, 0.1) is 5.69 Å². The molecule has 0 amide bonds. The van der Waals surface area contributed by atoms with Crippen molar-refractivity contribution in [1.29, 1.82) is 0 Å². The molecule has 0 atom stereocenters. The zero-order valence-electron chi connectivity index (χ0n) is 7.68. The molecule has 0 radical (unpaired) electrons. The van der Waals surface area contributed by atoms with Crippen LogP contribution in [0.1, 0.15) is 18.1 Å². The van der Waals surface area contributed by atoms with E-state index in [1.54, 1.807) is 0 Å². The zero-order valence-corrected chi connectivity index (χ0v) is 8.43. The molecule has 0 aliphatic rings. The van der Waals surface area contributed by atoms with E-state index in [2.05, 4.69) is 25.2 Å². The van der Waals surface area contributed by atoms with E-state index in [-0.39, 0.29) is 0 Å². The van der Waals surface area contributed by atoms with E-state index in [4.69, 9.17) is 11.6 Å². The molecule has 0 bridgehead atoms. The minimum atomic E-state index is 0.528. The Morgan fingerprint density at radius 3 is 2.69 bits per heavy atom. The average molecular weight is 194 g/mol. The summed E-state index contributed by atoms with van der Waals surface area (Å²) in [7, 11) is 0. The fourth-order valence-electron chi connectivity index (χ4n) is 1.33. The lowest BCUT2D eigenvalue weighted by Crippen LogP contribution is -1.88. The van der Waals surface area contributed by atoms with Crippen LogP contribution in [0.3, 0.4) is 0 Å². The Morgan fingerprint density at radius 1 is 1.54 bits per heavy atom. The van der Waals surface area contributed by atoms with Crippen LogP contribution in [-0.4, -0.2) is 6.72 Å². The van der Waals surface area contributed by atoms with E-state index < -0.39 is 0 Å². The fourth-order valence-corrected chi connectivity index (χ4v) is 1.54. The van der Waals surface area contributed by atoms with Crippen molar-refractivity contribution in [2.75, 3.05) is 0 Å². The first-order valence-corrected chi connectivity index (χ1v) is 4.52. The number of hydrogen-bond donors (Lipinski definition) is 0. The summed E-state index contributed by atoms with van der Waals surface area (Å²) in [6, 6.07) is 5.86. The van der Waals surface area contributed by atoms with E-state index in [1.165, 1.54) is 0 Å². The summed E-state index contributed by atoms with van der Waals surface area (Å²) in [5.74, 6) is 0. The summed E-state index contributed by atoms with van der Waals surface area (Å²) in [6.07, 6.45) is 0.921. The maximum absolute atomic E-state index is 5.89. The molecule has 0 spiro atoms. The van der Waals surface area contributed by atoms with Crippen LogP contribution in [-0.2, 0) is 6.42 Å². The molecule has 13 heavy (non-hydrogen) atoms. The van der Waals surface area contributed by atoms with Gasteiger partial charge in [-0.25, -0.2) is 0 Å². The maximum atomic E-state index is 5.89. The molecule has 1 nitrogen and oxygen atoms in total. The Kier molecular flexibility index (Phi) is 3.26. The molecule has 0 saturated carbocycles. The van der Waals surface area contributed by atoms with Gasteiger partial charge in [-0.3, -0.25) is 4.99 Å². The Bertz CT molecular complexity index is 342. The van der Waals surface area contributed by atoms with Gasteiger partial charge in [-0.2, -0.15) is 0 Å². The van der Waals surface area contributed by atoms with Crippen LogP contribution in [0.4, 0.5) is 5.69 Å². The summed E-state index contributed by atoms with van der Waals surface area (Å²) < 4.78 is 0. The standard InChI is InChI=1S/C11H12ClN/c1-4-9-6-5-7-10(13-3)11(9)8(2)12/h5-7H,2-4H2,1H3. The molecule has 2 heteroatoms. The van der Waals surface area contributed by atoms with Gasteiger partial charge in [-0.15, -0.1) is 0 Å². The van der Waals surface area contributed by atoms with Gasteiger partial charge in [0.1, 0.15) is 0 Å². The summed E-state index contributed by atoms with van der Waals surface area (Å²) in [5, 5.41) is 0.528.